The molecule has 4 nitrogen and oxygen atoms in total. The molecule has 2 rings (SSSR count). The first-order valence-corrected chi connectivity index (χ1v) is 6.01. The third-order valence-corrected chi connectivity index (χ3v) is 2.84. The average Bonchev–Trinajstić information content (AvgIpc) is 2.45. The van der Waals surface area contributed by atoms with Gasteiger partial charge < -0.3 is 5.32 Å². The number of alkyl halides is 3. The van der Waals surface area contributed by atoms with Gasteiger partial charge in [-0.3, -0.25) is 10.1 Å². The molecule has 1 N–H and O–H groups in total. The number of halogens is 3. The fourth-order valence-corrected chi connectivity index (χ4v) is 1.84. The second-order valence-corrected chi connectivity index (χ2v) is 4.33. The molecule has 0 atom stereocenters. The predicted molar refractivity (Wildman–Crippen MR) is 71.9 cm³/mol. The van der Waals surface area contributed by atoms with Gasteiger partial charge in [-0.05, 0) is 23.8 Å². The molecule has 2 aromatic rings. The Morgan fingerprint density at radius 2 is 1.81 bits per heavy atom. The van der Waals surface area contributed by atoms with Gasteiger partial charge in [-0.1, -0.05) is 24.3 Å². The van der Waals surface area contributed by atoms with E-state index in [1.165, 1.54) is 30.3 Å². The summed E-state index contributed by atoms with van der Waals surface area (Å²) >= 11 is 0. The van der Waals surface area contributed by atoms with Crippen molar-refractivity contribution in [1.82, 2.24) is 0 Å². The van der Waals surface area contributed by atoms with E-state index >= 15 is 0 Å². The summed E-state index contributed by atoms with van der Waals surface area (Å²) in [7, 11) is 0. The van der Waals surface area contributed by atoms with Crippen LogP contribution in [0.25, 0.3) is 0 Å². The Balaban J connectivity index is 2.16. The molecule has 0 aliphatic heterocycles. The summed E-state index contributed by atoms with van der Waals surface area (Å²) in [5.41, 5.74) is -0.211. The second-order valence-electron chi connectivity index (χ2n) is 4.33. The van der Waals surface area contributed by atoms with Crippen LogP contribution >= 0.6 is 0 Å². The van der Waals surface area contributed by atoms with Crippen LogP contribution in [-0.4, -0.2) is 4.92 Å². The first-order chi connectivity index (χ1) is 9.88. The van der Waals surface area contributed by atoms with E-state index in [-0.39, 0.29) is 17.9 Å². The standard InChI is InChI=1S/C14H11F3N2O2/c15-14(16,17)11-5-3-4-10(8-11)9-18-12-6-1-2-7-13(12)19(20)21/h1-8,18H,9H2. The number of hydrogen-bond acceptors (Lipinski definition) is 3. The molecule has 2 aromatic carbocycles. The Bertz CT molecular complexity index is 657. The normalized spacial score (nSPS) is 11.2. The molecule has 0 saturated carbocycles. The molecule has 0 saturated heterocycles. The zero-order valence-electron chi connectivity index (χ0n) is 10.7. The molecular weight excluding hydrogens is 285 g/mol. The Morgan fingerprint density at radius 3 is 2.48 bits per heavy atom. The number of hydrogen-bond donors (Lipinski definition) is 1. The Labute approximate surface area is 118 Å². The van der Waals surface area contributed by atoms with E-state index in [4.69, 9.17) is 0 Å². The fourth-order valence-electron chi connectivity index (χ4n) is 1.84. The highest BCUT2D eigenvalue weighted by molar-refractivity contribution is 5.61. The summed E-state index contributed by atoms with van der Waals surface area (Å²) in [5, 5.41) is 13.6. The van der Waals surface area contributed by atoms with E-state index in [0.29, 0.717) is 5.56 Å². The van der Waals surface area contributed by atoms with Crippen molar-refractivity contribution in [2.45, 2.75) is 12.7 Å². The number of nitrogens with zero attached hydrogens (tertiary/aromatic N) is 1. The topological polar surface area (TPSA) is 55.2 Å². The lowest BCUT2D eigenvalue weighted by Crippen LogP contribution is -2.07. The number of benzene rings is 2. The number of para-hydroxylation sites is 2. The van der Waals surface area contributed by atoms with Gasteiger partial charge in [0.05, 0.1) is 10.5 Å². The first kappa shape index (κ1) is 14.8. The molecule has 0 aliphatic carbocycles. The van der Waals surface area contributed by atoms with Crippen molar-refractivity contribution in [3.63, 3.8) is 0 Å². The molecule has 0 aliphatic rings. The van der Waals surface area contributed by atoms with Crippen molar-refractivity contribution in [2.75, 3.05) is 5.32 Å². The van der Waals surface area contributed by atoms with E-state index in [2.05, 4.69) is 5.32 Å². The van der Waals surface area contributed by atoms with Gasteiger partial charge >= 0.3 is 6.18 Å². The predicted octanol–water partition coefficient (Wildman–Crippen LogP) is 4.23. The van der Waals surface area contributed by atoms with Crippen LogP contribution in [0.3, 0.4) is 0 Å². The van der Waals surface area contributed by atoms with Crippen LogP contribution in [0.5, 0.6) is 0 Å². The molecule has 7 heteroatoms. The summed E-state index contributed by atoms with van der Waals surface area (Å²) in [4.78, 5) is 10.3. The average molecular weight is 296 g/mol. The lowest BCUT2D eigenvalue weighted by atomic mass is 10.1. The number of rotatable bonds is 4. The van der Waals surface area contributed by atoms with Gasteiger partial charge in [0.2, 0.25) is 0 Å². The molecule has 0 radical (unpaired) electrons. The van der Waals surface area contributed by atoms with E-state index in [0.717, 1.165) is 12.1 Å². The smallest absolute Gasteiger partial charge is 0.375 e. The zero-order valence-corrected chi connectivity index (χ0v) is 10.7. The van der Waals surface area contributed by atoms with Crippen molar-refractivity contribution in [2.24, 2.45) is 0 Å². The molecular formula is C14H11F3N2O2. The maximum absolute atomic E-state index is 12.6. The van der Waals surface area contributed by atoms with Crippen molar-refractivity contribution < 1.29 is 18.1 Å². The summed E-state index contributed by atoms with van der Waals surface area (Å²) in [6.45, 7) is 0.0643. The molecule has 0 heterocycles. The van der Waals surface area contributed by atoms with Gasteiger partial charge in [-0.25, -0.2) is 0 Å². The SMILES string of the molecule is O=[N+]([O-])c1ccccc1NCc1cccc(C(F)(F)F)c1. The zero-order chi connectivity index (χ0) is 15.5. The third kappa shape index (κ3) is 3.71. The lowest BCUT2D eigenvalue weighted by Gasteiger charge is -2.10. The molecule has 0 bridgehead atoms. The molecule has 21 heavy (non-hydrogen) atoms. The molecule has 0 unspecified atom stereocenters. The first-order valence-electron chi connectivity index (χ1n) is 6.01. The van der Waals surface area contributed by atoms with Gasteiger partial charge in [0.25, 0.3) is 5.69 Å². The lowest BCUT2D eigenvalue weighted by molar-refractivity contribution is -0.384. The van der Waals surface area contributed by atoms with Gasteiger partial charge in [0.15, 0.2) is 0 Å². The van der Waals surface area contributed by atoms with E-state index in [1.807, 2.05) is 0 Å². The molecule has 0 spiro atoms. The van der Waals surface area contributed by atoms with Crippen molar-refractivity contribution in [1.29, 1.82) is 0 Å². The molecule has 0 fully saturated rings. The maximum Gasteiger partial charge on any atom is 0.416 e. The minimum absolute atomic E-state index is 0.0643. The van der Waals surface area contributed by atoms with Gasteiger partial charge in [0, 0.05) is 12.6 Å². The highest BCUT2D eigenvalue weighted by Gasteiger charge is 2.30. The monoisotopic (exact) mass is 296 g/mol. The third-order valence-electron chi connectivity index (χ3n) is 2.84. The van der Waals surface area contributed by atoms with Crippen molar-refractivity contribution in [3.8, 4) is 0 Å². The van der Waals surface area contributed by atoms with Crippen LogP contribution in [0.1, 0.15) is 11.1 Å². The van der Waals surface area contributed by atoms with Crippen molar-refractivity contribution >= 4 is 11.4 Å². The summed E-state index contributed by atoms with van der Waals surface area (Å²) in [6.07, 6.45) is -4.41. The maximum atomic E-state index is 12.6. The quantitative estimate of drug-likeness (QED) is 0.678. The second kappa shape index (κ2) is 5.82. The molecule has 110 valence electrons. The number of nitro benzene ring substituents is 1. The Kier molecular flexibility index (Phi) is 4.11. The number of nitro groups is 1. The minimum atomic E-state index is -4.41. The highest BCUT2D eigenvalue weighted by Crippen LogP contribution is 2.30. The van der Waals surface area contributed by atoms with Gasteiger partial charge in [-0.2, -0.15) is 13.2 Å². The van der Waals surface area contributed by atoms with Crippen LogP contribution < -0.4 is 5.32 Å². The number of nitrogens with one attached hydrogen (secondary N) is 1. The highest BCUT2D eigenvalue weighted by atomic mass is 19.4. The van der Waals surface area contributed by atoms with Crippen LogP contribution in [0.4, 0.5) is 24.5 Å². The summed E-state index contributed by atoms with van der Waals surface area (Å²) in [5.74, 6) is 0. The van der Waals surface area contributed by atoms with Crippen LogP contribution in [-0.2, 0) is 12.7 Å². The van der Waals surface area contributed by atoms with Crippen LogP contribution in [0.15, 0.2) is 48.5 Å². The Morgan fingerprint density at radius 1 is 1.10 bits per heavy atom. The summed E-state index contributed by atoms with van der Waals surface area (Å²) in [6, 6.07) is 10.8. The van der Waals surface area contributed by atoms with E-state index < -0.39 is 16.7 Å². The fraction of sp³-hybridized carbons (Fsp3) is 0.143. The number of anilines is 1. The molecule has 0 amide bonds. The van der Waals surface area contributed by atoms with E-state index in [1.54, 1.807) is 6.07 Å². The van der Waals surface area contributed by atoms with Gasteiger partial charge in [-0.15, -0.1) is 0 Å². The summed E-state index contributed by atoms with van der Waals surface area (Å²) < 4.78 is 37.8. The molecule has 0 aromatic heterocycles. The van der Waals surface area contributed by atoms with Crippen LogP contribution in [0, 0.1) is 10.1 Å². The van der Waals surface area contributed by atoms with Crippen LogP contribution in [0.2, 0.25) is 0 Å². The minimum Gasteiger partial charge on any atom is -0.375 e. The largest absolute Gasteiger partial charge is 0.416 e. The Hall–Kier alpha value is -2.57. The van der Waals surface area contributed by atoms with Gasteiger partial charge in [0.1, 0.15) is 5.69 Å². The van der Waals surface area contributed by atoms with Crippen molar-refractivity contribution in [3.05, 3.63) is 69.8 Å². The van der Waals surface area contributed by atoms with E-state index in [9.17, 15) is 23.3 Å².